The fourth-order valence-corrected chi connectivity index (χ4v) is 2.07. The molecule has 1 aliphatic heterocycles. The molecule has 2 heterocycles. The molecule has 0 amide bonds. The van der Waals surface area contributed by atoms with Crippen LogP contribution in [0.1, 0.15) is 37.4 Å². The molecular formula is C13H19NO2. The molecule has 0 aliphatic carbocycles. The Balaban J connectivity index is 2.20. The van der Waals surface area contributed by atoms with Crippen LogP contribution in [0.4, 0.5) is 0 Å². The van der Waals surface area contributed by atoms with Crippen molar-refractivity contribution in [3.8, 4) is 5.75 Å². The molecule has 1 unspecified atom stereocenters. The number of unbranched alkanes of at least 4 members (excludes halogenated alkanes) is 1. The monoisotopic (exact) mass is 221 g/mol. The van der Waals surface area contributed by atoms with E-state index in [2.05, 4.69) is 11.9 Å². The second kappa shape index (κ2) is 5.30. The summed E-state index contributed by atoms with van der Waals surface area (Å²) in [4.78, 5) is 4.39. The van der Waals surface area contributed by atoms with Crippen molar-refractivity contribution in [2.45, 2.75) is 45.1 Å². The topological polar surface area (TPSA) is 42.4 Å². The van der Waals surface area contributed by atoms with Crippen molar-refractivity contribution in [2.75, 3.05) is 6.61 Å². The molecule has 3 nitrogen and oxygen atoms in total. The van der Waals surface area contributed by atoms with Gasteiger partial charge < -0.3 is 9.84 Å². The first kappa shape index (κ1) is 11.4. The minimum absolute atomic E-state index is 0.0444. The maximum absolute atomic E-state index is 9.14. The molecule has 0 bridgehead atoms. The summed E-state index contributed by atoms with van der Waals surface area (Å²) < 4.78 is 5.80. The van der Waals surface area contributed by atoms with Gasteiger partial charge in [-0.2, -0.15) is 0 Å². The number of hydrogen-bond acceptors (Lipinski definition) is 3. The van der Waals surface area contributed by atoms with Gasteiger partial charge in [0.05, 0.1) is 12.3 Å². The second-order valence-electron chi connectivity index (χ2n) is 4.31. The number of rotatable bonds is 4. The van der Waals surface area contributed by atoms with E-state index >= 15 is 0 Å². The van der Waals surface area contributed by atoms with E-state index in [0.29, 0.717) is 0 Å². The zero-order valence-corrected chi connectivity index (χ0v) is 9.78. The van der Waals surface area contributed by atoms with Crippen molar-refractivity contribution in [2.24, 2.45) is 0 Å². The van der Waals surface area contributed by atoms with Crippen LogP contribution in [0.25, 0.3) is 0 Å². The molecule has 88 valence electrons. The van der Waals surface area contributed by atoms with Gasteiger partial charge in [-0.3, -0.25) is 4.98 Å². The fourth-order valence-electron chi connectivity index (χ4n) is 2.07. The van der Waals surface area contributed by atoms with Crippen LogP contribution in [0.3, 0.4) is 0 Å². The number of hydrogen-bond donors (Lipinski definition) is 1. The van der Waals surface area contributed by atoms with Crippen molar-refractivity contribution >= 4 is 0 Å². The lowest BCUT2D eigenvalue weighted by molar-refractivity contribution is 0.0961. The molecule has 0 saturated heterocycles. The predicted molar refractivity (Wildman–Crippen MR) is 62.7 cm³/mol. The summed E-state index contributed by atoms with van der Waals surface area (Å²) >= 11 is 0. The Morgan fingerprint density at radius 1 is 1.56 bits per heavy atom. The molecule has 0 saturated carbocycles. The summed E-state index contributed by atoms with van der Waals surface area (Å²) in [5.41, 5.74) is 2.29. The highest BCUT2D eigenvalue weighted by Crippen LogP contribution is 2.30. The van der Waals surface area contributed by atoms with Gasteiger partial charge in [0.2, 0.25) is 0 Å². The molecule has 0 radical (unpaired) electrons. The third-order valence-electron chi connectivity index (χ3n) is 3.05. The van der Waals surface area contributed by atoms with E-state index in [1.54, 1.807) is 0 Å². The van der Waals surface area contributed by atoms with Crippen molar-refractivity contribution in [1.29, 1.82) is 0 Å². The lowest BCUT2D eigenvalue weighted by Crippen LogP contribution is -2.27. The van der Waals surface area contributed by atoms with Crippen LogP contribution >= 0.6 is 0 Å². The number of aryl methyl sites for hydroxylation is 2. The Morgan fingerprint density at radius 3 is 3.19 bits per heavy atom. The molecule has 16 heavy (non-hydrogen) atoms. The third-order valence-corrected chi connectivity index (χ3v) is 3.05. The molecule has 3 heteroatoms. The lowest BCUT2D eigenvalue weighted by atomic mass is 10.0. The number of pyridine rings is 1. The van der Waals surface area contributed by atoms with Gasteiger partial charge >= 0.3 is 0 Å². The van der Waals surface area contributed by atoms with Crippen LogP contribution in [-0.2, 0) is 12.8 Å². The fraction of sp³-hybridized carbons (Fsp3) is 0.615. The van der Waals surface area contributed by atoms with Gasteiger partial charge in [-0.05, 0) is 37.3 Å². The number of aliphatic hydroxyl groups excluding tert-OH is 1. The third kappa shape index (κ3) is 2.35. The van der Waals surface area contributed by atoms with Gasteiger partial charge in [0.15, 0.2) is 0 Å². The number of nitrogens with zero attached hydrogens (tertiary/aromatic N) is 1. The van der Waals surface area contributed by atoms with Crippen molar-refractivity contribution in [3.05, 3.63) is 23.5 Å². The highest BCUT2D eigenvalue weighted by molar-refractivity contribution is 5.38. The zero-order chi connectivity index (χ0) is 11.4. The molecule has 1 aromatic heterocycles. The number of aliphatic hydroxyl groups is 1. The van der Waals surface area contributed by atoms with Gasteiger partial charge in [-0.1, -0.05) is 13.3 Å². The summed E-state index contributed by atoms with van der Waals surface area (Å²) in [5, 5.41) is 9.14. The first-order chi connectivity index (χ1) is 7.85. The van der Waals surface area contributed by atoms with E-state index in [4.69, 9.17) is 9.84 Å². The molecule has 0 fully saturated rings. The van der Waals surface area contributed by atoms with Crippen LogP contribution in [0.15, 0.2) is 12.3 Å². The van der Waals surface area contributed by atoms with E-state index in [0.717, 1.165) is 43.5 Å². The summed E-state index contributed by atoms with van der Waals surface area (Å²) in [5.74, 6) is 0.932. The normalized spacial score (nSPS) is 19.0. The Hall–Kier alpha value is -1.09. The van der Waals surface area contributed by atoms with Crippen LogP contribution in [0.2, 0.25) is 0 Å². The summed E-state index contributed by atoms with van der Waals surface area (Å²) in [7, 11) is 0. The van der Waals surface area contributed by atoms with Crippen LogP contribution < -0.4 is 4.74 Å². The van der Waals surface area contributed by atoms with E-state index in [9.17, 15) is 0 Å². The van der Waals surface area contributed by atoms with Crippen LogP contribution in [-0.4, -0.2) is 22.8 Å². The summed E-state index contributed by atoms with van der Waals surface area (Å²) in [6, 6.07) is 2.03. The van der Waals surface area contributed by atoms with E-state index in [-0.39, 0.29) is 12.7 Å². The quantitative estimate of drug-likeness (QED) is 0.846. The molecular weight excluding hydrogens is 202 g/mol. The molecule has 1 aliphatic rings. The first-order valence-corrected chi connectivity index (χ1v) is 6.09. The number of aromatic nitrogens is 1. The smallest absolute Gasteiger partial charge is 0.144 e. The molecule has 2 rings (SSSR count). The molecule has 1 atom stereocenters. The number of fused-ring (bicyclic) bond motifs is 1. The highest BCUT2D eigenvalue weighted by atomic mass is 16.5. The van der Waals surface area contributed by atoms with E-state index in [1.165, 1.54) is 5.56 Å². The van der Waals surface area contributed by atoms with Gasteiger partial charge in [0.25, 0.3) is 0 Å². The van der Waals surface area contributed by atoms with E-state index in [1.807, 2.05) is 12.3 Å². The Morgan fingerprint density at radius 2 is 2.44 bits per heavy atom. The zero-order valence-electron chi connectivity index (χ0n) is 9.78. The minimum atomic E-state index is -0.0444. The van der Waals surface area contributed by atoms with Crippen LogP contribution in [0, 0.1) is 0 Å². The van der Waals surface area contributed by atoms with Gasteiger partial charge in [0, 0.05) is 6.20 Å². The maximum atomic E-state index is 9.14. The van der Waals surface area contributed by atoms with Gasteiger partial charge in [-0.15, -0.1) is 0 Å². The SMILES string of the molecule is CCCCc1nccc2c1OC(CO)CC2. The average molecular weight is 221 g/mol. The summed E-state index contributed by atoms with van der Waals surface area (Å²) in [6.07, 6.45) is 6.98. The predicted octanol–water partition coefficient (Wildman–Crippen LogP) is 2.11. The molecule has 1 N–H and O–H groups in total. The highest BCUT2D eigenvalue weighted by Gasteiger charge is 2.21. The van der Waals surface area contributed by atoms with E-state index < -0.39 is 0 Å². The number of ether oxygens (including phenoxy) is 1. The lowest BCUT2D eigenvalue weighted by Gasteiger charge is -2.26. The average Bonchev–Trinajstić information content (AvgIpc) is 2.35. The Labute approximate surface area is 96.5 Å². The van der Waals surface area contributed by atoms with Crippen molar-refractivity contribution in [1.82, 2.24) is 4.98 Å². The Kier molecular flexibility index (Phi) is 3.78. The van der Waals surface area contributed by atoms with Crippen LogP contribution in [0.5, 0.6) is 5.75 Å². The summed E-state index contributed by atoms with van der Waals surface area (Å²) in [6.45, 7) is 2.27. The van der Waals surface area contributed by atoms with Crippen molar-refractivity contribution < 1.29 is 9.84 Å². The molecule has 1 aromatic rings. The molecule has 0 aromatic carbocycles. The minimum Gasteiger partial charge on any atom is -0.486 e. The molecule has 0 spiro atoms. The maximum Gasteiger partial charge on any atom is 0.144 e. The van der Waals surface area contributed by atoms with Gasteiger partial charge in [-0.25, -0.2) is 0 Å². The Bertz CT molecular complexity index is 352. The first-order valence-electron chi connectivity index (χ1n) is 6.09. The van der Waals surface area contributed by atoms with Crippen molar-refractivity contribution in [3.63, 3.8) is 0 Å². The standard InChI is InChI=1S/C13H19NO2/c1-2-3-4-12-13-10(7-8-14-12)5-6-11(9-15)16-13/h7-8,11,15H,2-6,9H2,1H3. The largest absolute Gasteiger partial charge is 0.486 e. The van der Waals surface area contributed by atoms with Gasteiger partial charge in [0.1, 0.15) is 11.9 Å². The second-order valence-corrected chi connectivity index (χ2v) is 4.31.